The third-order valence-corrected chi connectivity index (χ3v) is 5.16. The van der Waals surface area contributed by atoms with E-state index in [1.807, 2.05) is 64.1 Å². The van der Waals surface area contributed by atoms with Crippen molar-refractivity contribution < 1.29 is 19.1 Å². The molecule has 0 fully saturated rings. The van der Waals surface area contributed by atoms with Crippen molar-refractivity contribution in [2.75, 3.05) is 17.7 Å². The monoisotopic (exact) mass is 458 g/mol. The molecule has 0 saturated heterocycles. The molecule has 0 aliphatic rings. The van der Waals surface area contributed by atoms with Crippen LogP contribution in [0.25, 0.3) is 6.08 Å². The van der Waals surface area contributed by atoms with Crippen LogP contribution in [0.15, 0.2) is 72.3 Å². The molecule has 0 aliphatic carbocycles. The van der Waals surface area contributed by atoms with Crippen LogP contribution in [0.2, 0.25) is 0 Å². The fraction of sp³-hybridized carbons (Fsp3) is 0.214. The number of carbonyl (C=O) groups is 2. The Hall–Kier alpha value is -4.06. The van der Waals surface area contributed by atoms with Crippen LogP contribution in [-0.2, 0) is 9.59 Å². The quantitative estimate of drug-likeness (QED) is 0.256. The third-order valence-electron chi connectivity index (χ3n) is 5.16. The topological polar surface area (TPSA) is 76.7 Å². The predicted octanol–water partition coefficient (Wildman–Crippen LogP) is 5.76. The molecule has 0 radical (unpaired) electrons. The van der Waals surface area contributed by atoms with Gasteiger partial charge in [0.1, 0.15) is 5.57 Å². The van der Waals surface area contributed by atoms with Gasteiger partial charge in [-0.05, 0) is 63.1 Å². The Labute approximate surface area is 200 Å². The first kappa shape index (κ1) is 24.6. The number of para-hydroxylation sites is 3. The molecule has 0 saturated carbocycles. The fourth-order valence-electron chi connectivity index (χ4n) is 3.36. The number of hydrogen-bond acceptors (Lipinski definition) is 4. The lowest BCUT2D eigenvalue weighted by atomic mass is 10.1. The van der Waals surface area contributed by atoms with E-state index < -0.39 is 11.8 Å². The van der Waals surface area contributed by atoms with Gasteiger partial charge in [-0.15, -0.1) is 0 Å². The van der Waals surface area contributed by atoms with Gasteiger partial charge in [0.25, 0.3) is 11.8 Å². The number of amides is 2. The van der Waals surface area contributed by atoms with Crippen molar-refractivity contribution in [1.82, 2.24) is 0 Å². The zero-order valence-electron chi connectivity index (χ0n) is 20.1. The number of rotatable bonds is 8. The summed E-state index contributed by atoms with van der Waals surface area (Å²) < 4.78 is 11.4. The Balaban J connectivity index is 2.07. The highest BCUT2D eigenvalue weighted by Gasteiger charge is 2.22. The SMILES string of the molecule is COc1cccc(C=C(C(=O)Nc2ccccc2C)C(=O)Nc2ccccc2C)c1OC(C)C. The van der Waals surface area contributed by atoms with E-state index >= 15 is 0 Å². The van der Waals surface area contributed by atoms with Crippen molar-refractivity contribution in [3.05, 3.63) is 89.0 Å². The first-order valence-electron chi connectivity index (χ1n) is 11.1. The van der Waals surface area contributed by atoms with Gasteiger partial charge in [0.2, 0.25) is 0 Å². The molecule has 34 heavy (non-hydrogen) atoms. The van der Waals surface area contributed by atoms with Crippen molar-refractivity contribution in [3.63, 3.8) is 0 Å². The normalized spacial score (nSPS) is 10.4. The molecule has 3 aromatic carbocycles. The van der Waals surface area contributed by atoms with E-state index in [1.165, 1.54) is 6.08 Å². The third kappa shape index (κ3) is 6.04. The second kappa shape index (κ2) is 11.2. The standard InChI is InChI=1S/C28H30N2O4/c1-18(2)34-26-21(13-10-16-25(26)33-5)17-22(27(31)29-23-14-8-6-11-19(23)3)28(32)30-24-15-9-7-12-20(24)4/h6-18H,1-5H3,(H,29,31)(H,30,32). The minimum Gasteiger partial charge on any atom is -0.493 e. The van der Waals surface area contributed by atoms with Gasteiger partial charge in [-0.3, -0.25) is 9.59 Å². The highest BCUT2D eigenvalue weighted by molar-refractivity contribution is 6.29. The van der Waals surface area contributed by atoms with E-state index in [1.54, 1.807) is 37.4 Å². The molecule has 0 aliphatic heterocycles. The summed E-state index contributed by atoms with van der Waals surface area (Å²) in [6.07, 6.45) is 1.40. The van der Waals surface area contributed by atoms with Gasteiger partial charge < -0.3 is 20.1 Å². The second-order valence-corrected chi connectivity index (χ2v) is 8.14. The van der Waals surface area contributed by atoms with Crippen molar-refractivity contribution >= 4 is 29.3 Å². The Morgan fingerprint density at radius 3 is 1.79 bits per heavy atom. The zero-order valence-corrected chi connectivity index (χ0v) is 20.1. The first-order valence-corrected chi connectivity index (χ1v) is 11.1. The number of aryl methyl sites for hydroxylation is 2. The minimum atomic E-state index is -0.529. The molecule has 3 aromatic rings. The molecule has 6 nitrogen and oxygen atoms in total. The summed E-state index contributed by atoms with van der Waals surface area (Å²) in [5.41, 5.74) is 3.54. The van der Waals surface area contributed by atoms with E-state index in [2.05, 4.69) is 10.6 Å². The summed E-state index contributed by atoms with van der Waals surface area (Å²) in [6, 6.07) is 20.1. The molecule has 176 valence electrons. The summed E-state index contributed by atoms with van der Waals surface area (Å²) in [6.45, 7) is 7.58. The Kier molecular flexibility index (Phi) is 8.09. The van der Waals surface area contributed by atoms with E-state index in [9.17, 15) is 9.59 Å². The molecular weight excluding hydrogens is 428 g/mol. The summed E-state index contributed by atoms with van der Waals surface area (Å²) in [7, 11) is 1.55. The van der Waals surface area contributed by atoms with Gasteiger partial charge in [-0.1, -0.05) is 48.5 Å². The predicted molar refractivity (Wildman–Crippen MR) is 136 cm³/mol. The molecule has 0 aromatic heterocycles. The minimum absolute atomic E-state index is 0.0617. The van der Waals surface area contributed by atoms with E-state index in [0.717, 1.165) is 11.1 Å². The number of ether oxygens (including phenoxy) is 2. The van der Waals surface area contributed by atoms with Gasteiger partial charge in [-0.2, -0.15) is 0 Å². The number of carbonyl (C=O) groups excluding carboxylic acids is 2. The highest BCUT2D eigenvalue weighted by atomic mass is 16.5. The maximum atomic E-state index is 13.4. The van der Waals surface area contributed by atoms with Crippen LogP contribution in [0.3, 0.4) is 0 Å². The first-order chi connectivity index (χ1) is 16.3. The van der Waals surface area contributed by atoms with Crippen LogP contribution in [-0.4, -0.2) is 25.0 Å². The maximum absolute atomic E-state index is 13.4. The molecule has 3 rings (SSSR count). The van der Waals surface area contributed by atoms with E-state index in [-0.39, 0.29) is 11.7 Å². The van der Waals surface area contributed by atoms with Gasteiger partial charge in [0.05, 0.1) is 13.2 Å². The molecular formula is C28H30N2O4. The fourth-order valence-corrected chi connectivity index (χ4v) is 3.36. The Bertz CT molecular complexity index is 1150. The van der Waals surface area contributed by atoms with Gasteiger partial charge in [0.15, 0.2) is 11.5 Å². The van der Waals surface area contributed by atoms with Crippen LogP contribution in [0, 0.1) is 13.8 Å². The van der Waals surface area contributed by atoms with Crippen molar-refractivity contribution in [3.8, 4) is 11.5 Å². The second-order valence-electron chi connectivity index (χ2n) is 8.14. The molecule has 6 heteroatoms. The van der Waals surface area contributed by atoms with Crippen LogP contribution < -0.4 is 20.1 Å². The van der Waals surface area contributed by atoms with E-state index in [0.29, 0.717) is 28.4 Å². The van der Waals surface area contributed by atoms with Crippen LogP contribution in [0.4, 0.5) is 11.4 Å². The number of nitrogens with one attached hydrogen (secondary N) is 2. The van der Waals surface area contributed by atoms with Crippen molar-refractivity contribution in [2.24, 2.45) is 0 Å². The van der Waals surface area contributed by atoms with Gasteiger partial charge in [0, 0.05) is 16.9 Å². The van der Waals surface area contributed by atoms with E-state index in [4.69, 9.17) is 9.47 Å². The lowest BCUT2D eigenvalue weighted by Gasteiger charge is -2.17. The number of benzene rings is 3. The van der Waals surface area contributed by atoms with Crippen LogP contribution >= 0.6 is 0 Å². The Morgan fingerprint density at radius 1 is 0.794 bits per heavy atom. The summed E-state index contributed by atoms with van der Waals surface area (Å²) >= 11 is 0. The molecule has 0 bridgehead atoms. The summed E-state index contributed by atoms with van der Waals surface area (Å²) in [5.74, 6) is -0.0808. The zero-order chi connectivity index (χ0) is 24.7. The average molecular weight is 459 g/mol. The number of methoxy groups -OCH3 is 1. The molecule has 0 atom stereocenters. The highest BCUT2D eigenvalue weighted by Crippen LogP contribution is 2.34. The number of anilines is 2. The smallest absolute Gasteiger partial charge is 0.261 e. The van der Waals surface area contributed by atoms with Gasteiger partial charge in [-0.25, -0.2) is 0 Å². The molecule has 0 spiro atoms. The molecule has 2 N–H and O–H groups in total. The Morgan fingerprint density at radius 2 is 1.32 bits per heavy atom. The number of hydrogen-bond donors (Lipinski definition) is 2. The van der Waals surface area contributed by atoms with Crippen molar-refractivity contribution in [1.29, 1.82) is 0 Å². The lowest BCUT2D eigenvalue weighted by Crippen LogP contribution is -2.26. The largest absolute Gasteiger partial charge is 0.493 e. The van der Waals surface area contributed by atoms with Crippen LogP contribution in [0.1, 0.15) is 30.5 Å². The average Bonchev–Trinajstić information content (AvgIpc) is 2.80. The molecule has 0 unspecified atom stereocenters. The van der Waals surface area contributed by atoms with Crippen molar-refractivity contribution in [2.45, 2.75) is 33.8 Å². The van der Waals surface area contributed by atoms with Gasteiger partial charge >= 0.3 is 0 Å². The summed E-state index contributed by atoms with van der Waals surface area (Å²) in [5, 5.41) is 5.72. The lowest BCUT2D eigenvalue weighted by molar-refractivity contribution is -0.118. The molecule has 2 amide bonds. The summed E-state index contributed by atoms with van der Waals surface area (Å²) in [4.78, 5) is 26.7. The van der Waals surface area contributed by atoms with Crippen LogP contribution in [0.5, 0.6) is 11.5 Å². The molecule has 0 heterocycles. The maximum Gasteiger partial charge on any atom is 0.261 e.